The van der Waals surface area contributed by atoms with Crippen molar-refractivity contribution in [1.82, 2.24) is 0 Å². The van der Waals surface area contributed by atoms with Gasteiger partial charge in [-0.2, -0.15) is 0 Å². The van der Waals surface area contributed by atoms with E-state index >= 15 is 0 Å². The van der Waals surface area contributed by atoms with Gasteiger partial charge < -0.3 is 0 Å². The van der Waals surface area contributed by atoms with Gasteiger partial charge in [0.15, 0.2) is 0 Å². The zero-order valence-electron chi connectivity index (χ0n) is 14.7. The van der Waals surface area contributed by atoms with Crippen LogP contribution in [0.5, 0.6) is 5.75 Å². The summed E-state index contributed by atoms with van der Waals surface area (Å²) in [6.45, 7) is 7.78. The molecular weight excluding hydrogens is 399 g/mol. The molecule has 0 aliphatic heterocycles. The van der Waals surface area contributed by atoms with Crippen LogP contribution in [0.2, 0.25) is 13.3 Å². The van der Waals surface area contributed by atoms with Gasteiger partial charge >= 0.3 is 144 Å². The number of rotatable bonds is 9. The van der Waals surface area contributed by atoms with Crippen molar-refractivity contribution in [3.05, 3.63) is 29.8 Å². The monoisotopic (exact) mass is 428 g/mol. The van der Waals surface area contributed by atoms with Crippen LogP contribution in [0.1, 0.15) is 57.3 Å². The van der Waals surface area contributed by atoms with Gasteiger partial charge in [-0.3, -0.25) is 0 Å². The number of para-hydroxylation sites is 1. The number of carbonyl (C=O) groups excluding carboxylic acids is 2. The number of hydrogen-bond acceptors (Lipinski definition) is 4. The molecular formula is C18H28O4Sn. The molecule has 128 valence electrons. The van der Waals surface area contributed by atoms with Crippen molar-refractivity contribution in [3.63, 3.8) is 0 Å². The first-order chi connectivity index (χ1) is 11.0. The molecule has 0 fully saturated rings. The number of hydrogen-bond donors (Lipinski definition) is 0. The van der Waals surface area contributed by atoms with E-state index in [0.717, 1.165) is 32.6 Å². The first kappa shape index (κ1) is 20.0. The zero-order chi connectivity index (χ0) is 17.3. The second kappa shape index (κ2) is 9.96. The topological polar surface area (TPSA) is 52.6 Å². The quantitative estimate of drug-likeness (QED) is 0.318. The van der Waals surface area contributed by atoms with E-state index in [2.05, 4.69) is 20.8 Å². The average molecular weight is 427 g/mol. The third-order valence-electron chi connectivity index (χ3n) is 3.79. The van der Waals surface area contributed by atoms with E-state index in [1.165, 1.54) is 6.92 Å². The molecule has 0 unspecified atom stereocenters. The second-order valence-corrected chi connectivity index (χ2v) is 17.5. The van der Waals surface area contributed by atoms with Gasteiger partial charge in [0.25, 0.3) is 0 Å². The third kappa shape index (κ3) is 6.16. The van der Waals surface area contributed by atoms with Gasteiger partial charge in [0.05, 0.1) is 0 Å². The van der Waals surface area contributed by atoms with E-state index in [1.54, 1.807) is 24.3 Å². The van der Waals surface area contributed by atoms with Gasteiger partial charge in [0.1, 0.15) is 0 Å². The molecule has 0 aliphatic carbocycles. The summed E-state index contributed by atoms with van der Waals surface area (Å²) < 4.78 is 14.5. The van der Waals surface area contributed by atoms with Gasteiger partial charge in [-0.15, -0.1) is 0 Å². The minimum absolute atomic E-state index is 0.287. The van der Waals surface area contributed by atoms with Crippen LogP contribution in [0, 0.1) is 0 Å². The molecule has 23 heavy (non-hydrogen) atoms. The Bertz CT molecular complexity index is 510. The van der Waals surface area contributed by atoms with Crippen LogP contribution in [0.15, 0.2) is 24.3 Å². The molecule has 0 radical (unpaired) electrons. The van der Waals surface area contributed by atoms with E-state index < -0.39 is 24.8 Å². The molecule has 0 bridgehead atoms. The number of esters is 1. The Morgan fingerprint density at radius 2 is 1.48 bits per heavy atom. The molecule has 0 aromatic heterocycles. The van der Waals surface area contributed by atoms with Crippen molar-refractivity contribution in [2.24, 2.45) is 0 Å². The molecule has 5 heteroatoms. The fourth-order valence-corrected chi connectivity index (χ4v) is 15.3. The first-order valence-corrected chi connectivity index (χ1v) is 15.7. The van der Waals surface area contributed by atoms with Crippen LogP contribution >= 0.6 is 0 Å². The van der Waals surface area contributed by atoms with Gasteiger partial charge in [-0.25, -0.2) is 0 Å². The van der Waals surface area contributed by atoms with Crippen LogP contribution in [-0.4, -0.2) is 30.7 Å². The Morgan fingerprint density at radius 1 is 0.957 bits per heavy atom. The summed E-state index contributed by atoms with van der Waals surface area (Å²) in [5.41, 5.74) is 0.354. The summed E-state index contributed by atoms with van der Waals surface area (Å²) >= 11 is -2.95. The van der Waals surface area contributed by atoms with Crippen molar-refractivity contribution in [3.8, 4) is 5.75 Å². The van der Waals surface area contributed by atoms with Crippen molar-refractivity contribution in [2.75, 3.05) is 0 Å². The summed E-state index contributed by atoms with van der Waals surface area (Å²) in [4.78, 5) is 23.9. The van der Waals surface area contributed by atoms with Gasteiger partial charge in [0.2, 0.25) is 0 Å². The van der Waals surface area contributed by atoms with Crippen molar-refractivity contribution < 1.29 is 17.4 Å². The molecule has 0 heterocycles. The first-order valence-electron chi connectivity index (χ1n) is 8.48. The Balaban J connectivity index is 3.04. The van der Waals surface area contributed by atoms with E-state index in [1.807, 2.05) is 0 Å². The molecule has 0 amide bonds. The Kier molecular flexibility index (Phi) is 8.66. The normalized spacial score (nSPS) is 11.1. The van der Waals surface area contributed by atoms with Crippen LogP contribution < -0.4 is 4.74 Å². The van der Waals surface area contributed by atoms with Crippen LogP contribution in [0.4, 0.5) is 0 Å². The SMILES string of the molecule is CC[CH2][Sn]([CH2]CC)([CH2]CC)[O]C(=O)c1ccccc1OC(C)=O. The van der Waals surface area contributed by atoms with Gasteiger partial charge in [-0.05, 0) is 0 Å². The molecule has 1 rings (SSSR count). The van der Waals surface area contributed by atoms with E-state index in [0.29, 0.717) is 5.56 Å². The van der Waals surface area contributed by atoms with E-state index in [9.17, 15) is 9.59 Å². The number of ether oxygens (including phenoxy) is 1. The predicted molar refractivity (Wildman–Crippen MR) is 94.2 cm³/mol. The van der Waals surface area contributed by atoms with Gasteiger partial charge in [0, 0.05) is 0 Å². The molecule has 0 aliphatic rings. The zero-order valence-corrected chi connectivity index (χ0v) is 17.5. The molecule has 1 aromatic rings. The average Bonchev–Trinajstić information content (AvgIpc) is 2.47. The van der Waals surface area contributed by atoms with Crippen LogP contribution in [-0.2, 0) is 7.87 Å². The third-order valence-corrected chi connectivity index (χ3v) is 17.6. The summed E-state index contributed by atoms with van der Waals surface area (Å²) in [5, 5.41) is 0. The summed E-state index contributed by atoms with van der Waals surface area (Å²) in [6, 6.07) is 6.81. The Labute approximate surface area is 144 Å². The molecule has 0 saturated heterocycles. The molecule has 0 saturated carbocycles. The van der Waals surface area contributed by atoms with Crippen LogP contribution in [0.25, 0.3) is 0 Å². The van der Waals surface area contributed by atoms with Crippen molar-refractivity contribution in [2.45, 2.75) is 60.3 Å². The molecule has 0 spiro atoms. The second-order valence-electron chi connectivity index (χ2n) is 5.91. The van der Waals surface area contributed by atoms with Crippen molar-refractivity contribution >= 4 is 30.7 Å². The summed E-state index contributed by atoms with van der Waals surface area (Å²) in [5.74, 6) is -0.474. The van der Waals surface area contributed by atoms with E-state index in [4.69, 9.17) is 7.81 Å². The van der Waals surface area contributed by atoms with Gasteiger partial charge in [-0.1, -0.05) is 0 Å². The fraction of sp³-hybridized carbons (Fsp3) is 0.556. The number of benzene rings is 1. The van der Waals surface area contributed by atoms with E-state index in [-0.39, 0.29) is 11.7 Å². The predicted octanol–water partition coefficient (Wildman–Crippen LogP) is 4.94. The molecule has 0 atom stereocenters. The van der Waals surface area contributed by atoms with Crippen LogP contribution in [0.3, 0.4) is 0 Å². The molecule has 4 nitrogen and oxygen atoms in total. The maximum atomic E-state index is 12.7. The number of carbonyl (C=O) groups is 2. The minimum atomic E-state index is -2.95. The Hall–Kier alpha value is -1.04. The summed E-state index contributed by atoms with van der Waals surface area (Å²) in [7, 11) is 0. The van der Waals surface area contributed by atoms with Crippen molar-refractivity contribution in [1.29, 1.82) is 0 Å². The molecule has 0 N–H and O–H groups in total. The molecule has 1 aromatic carbocycles. The fourth-order valence-electron chi connectivity index (χ4n) is 3.03. The summed E-state index contributed by atoms with van der Waals surface area (Å²) in [6.07, 6.45) is 3.15. The Morgan fingerprint density at radius 3 is 1.96 bits per heavy atom. The maximum absolute atomic E-state index is 12.7. The standard InChI is InChI=1S/C9H8O4.3C3H7.Sn/c1-6(10)13-8-5-3-2-4-7(8)9(11)12;3*1-3-2;/h2-5H,1H3,(H,11,12);3*1,3H2,2H3;/q;;;;+1/p-1.